The lowest BCUT2D eigenvalue weighted by Gasteiger charge is -1.99. The second kappa shape index (κ2) is 4.59. The summed E-state index contributed by atoms with van der Waals surface area (Å²) in [6, 6.07) is 3.60. The molecule has 0 aromatic carbocycles. The number of nitrogens with zero attached hydrogens (tertiary/aromatic N) is 1. The van der Waals surface area contributed by atoms with Gasteiger partial charge in [0.05, 0.1) is 11.6 Å². The van der Waals surface area contributed by atoms with Crippen LogP contribution in [0.3, 0.4) is 0 Å². The molecule has 0 aliphatic heterocycles. The van der Waals surface area contributed by atoms with Crippen molar-refractivity contribution < 1.29 is 4.42 Å². The molecule has 0 bridgehead atoms. The van der Waals surface area contributed by atoms with Gasteiger partial charge < -0.3 is 9.40 Å². The van der Waals surface area contributed by atoms with Crippen molar-refractivity contribution in [1.82, 2.24) is 9.97 Å². The summed E-state index contributed by atoms with van der Waals surface area (Å²) in [4.78, 5) is 22.0. The van der Waals surface area contributed by atoms with E-state index in [0.717, 1.165) is 29.5 Å². The van der Waals surface area contributed by atoms with Gasteiger partial charge in [0.15, 0.2) is 11.6 Å². The molecular weight excluding hydrogens is 272 g/mol. The van der Waals surface area contributed by atoms with Gasteiger partial charge in [0.1, 0.15) is 4.83 Å². The molecule has 4 nitrogen and oxygen atoms in total. The third-order valence-corrected chi connectivity index (χ3v) is 5.02. The van der Waals surface area contributed by atoms with Crippen LogP contribution in [-0.4, -0.2) is 9.97 Å². The van der Waals surface area contributed by atoms with E-state index in [2.05, 4.69) is 9.97 Å². The Morgan fingerprint density at radius 1 is 1.25 bits per heavy atom. The number of fused-ring (bicyclic) bond motifs is 3. The highest BCUT2D eigenvalue weighted by Gasteiger charge is 2.19. The van der Waals surface area contributed by atoms with Gasteiger partial charge in [-0.25, -0.2) is 4.98 Å². The zero-order valence-electron chi connectivity index (χ0n) is 10.9. The molecule has 1 aliphatic carbocycles. The van der Waals surface area contributed by atoms with Crippen molar-refractivity contribution >= 4 is 21.6 Å². The fourth-order valence-corrected chi connectivity index (χ4v) is 4.13. The standard InChI is InChI=1S/C15H14N2O2S/c18-14-12-9-5-2-1-3-7-11(9)20-15(12)17-13(16-14)10-6-4-8-19-10/h4,6,8H,1-3,5,7H2,(H,16,17,18). The molecule has 0 saturated heterocycles. The lowest BCUT2D eigenvalue weighted by molar-refractivity contribution is 0.577. The van der Waals surface area contributed by atoms with Crippen LogP contribution >= 0.6 is 11.3 Å². The predicted octanol–water partition coefficient (Wildman–Crippen LogP) is 3.51. The highest BCUT2D eigenvalue weighted by atomic mass is 32.1. The summed E-state index contributed by atoms with van der Waals surface area (Å²) >= 11 is 1.67. The van der Waals surface area contributed by atoms with Crippen LogP contribution in [-0.2, 0) is 12.8 Å². The van der Waals surface area contributed by atoms with Crippen molar-refractivity contribution in [2.24, 2.45) is 0 Å². The zero-order valence-corrected chi connectivity index (χ0v) is 11.8. The summed E-state index contributed by atoms with van der Waals surface area (Å²) in [6.45, 7) is 0. The van der Waals surface area contributed by atoms with Crippen molar-refractivity contribution in [3.63, 3.8) is 0 Å². The minimum absolute atomic E-state index is 0.0409. The molecule has 0 radical (unpaired) electrons. The number of nitrogens with one attached hydrogen (secondary N) is 1. The molecule has 5 heteroatoms. The number of aromatic nitrogens is 2. The van der Waals surface area contributed by atoms with E-state index >= 15 is 0 Å². The molecule has 4 rings (SSSR count). The third-order valence-electron chi connectivity index (χ3n) is 3.83. The number of aromatic amines is 1. The average molecular weight is 286 g/mol. The molecule has 0 spiro atoms. The molecule has 3 aromatic rings. The minimum atomic E-state index is -0.0409. The number of hydrogen-bond acceptors (Lipinski definition) is 4. The predicted molar refractivity (Wildman–Crippen MR) is 79.2 cm³/mol. The van der Waals surface area contributed by atoms with Gasteiger partial charge in [-0.3, -0.25) is 4.79 Å². The highest BCUT2D eigenvalue weighted by Crippen LogP contribution is 2.33. The zero-order chi connectivity index (χ0) is 13.5. The van der Waals surface area contributed by atoms with Crippen LogP contribution in [0.25, 0.3) is 21.8 Å². The Morgan fingerprint density at radius 3 is 3.00 bits per heavy atom. The van der Waals surface area contributed by atoms with E-state index in [-0.39, 0.29) is 5.56 Å². The summed E-state index contributed by atoms with van der Waals surface area (Å²) in [5.74, 6) is 1.12. The molecule has 0 unspecified atom stereocenters. The van der Waals surface area contributed by atoms with E-state index < -0.39 is 0 Å². The fraction of sp³-hybridized carbons (Fsp3) is 0.333. The monoisotopic (exact) mass is 286 g/mol. The van der Waals surface area contributed by atoms with E-state index in [1.165, 1.54) is 23.3 Å². The van der Waals surface area contributed by atoms with Crippen molar-refractivity contribution in [2.75, 3.05) is 0 Å². The smallest absolute Gasteiger partial charge is 0.260 e. The summed E-state index contributed by atoms with van der Waals surface area (Å²) in [5.41, 5.74) is 1.18. The van der Waals surface area contributed by atoms with Gasteiger partial charge in [-0.15, -0.1) is 11.3 Å². The molecule has 1 N–H and O–H groups in total. The first-order valence-corrected chi connectivity index (χ1v) is 7.73. The van der Waals surface area contributed by atoms with E-state index in [0.29, 0.717) is 11.6 Å². The maximum absolute atomic E-state index is 12.4. The molecule has 0 saturated carbocycles. The van der Waals surface area contributed by atoms with E-state index in [1.807, 2.05) is 6.07 Å². The Labute approximate surface area is 119 Å². The van der Waals surface area contributed by atoms with Crippen LogP contribution in [0.4, 0.5) is 0 Å². The van der Waals surface area contributed by atoms with Crippen LogP contribution in [0.5, 0.6) is 0 Å². The quantitative estimate of drug-likeness (QED) is 0.696. The topological polar surface area (TPSA) is 58.9 Å². The largest absolute Gasteiger partial charge is 0.461 e. The summed E-state index contributed by atoms with van der Waals surface area (Å²) in [7, 11) is 0. The van der Waals surface area contributed by atoms with Crippen LogP contribution < -0.4 is 5.56 Å². The first-order chi connectivity index (χ1) is 9.83. The number of hydrogen-bond donors (Lipinski definition) is 1. The lowest BCUT2D eigenvalue weighted by atomic mass is 10.1. The van der Waals surface area contributed by atoms with E-state index in [9.17, 15) is 4.79 Å². The molecule has 0 amide bonds. The SMILES string of the molecule is O=c1[nH]c(-c2ccco2)nc2sc3c(c12)CCCCC3. The number of furan rings is 1. The van der Waals surface area contributed by atoms with Crippen LogP contribution in [0.2, 0.25) is 0 Å². The first kappa shape index (κ1) is 11.9. The maximum atomic E-state index is 12.4. The minimum Gasteiger partial charge on any atom is -0.461 e. The van der Waals surface area contributed by atoms with Crippen molar-refractivity contribution in [3.8, 4) is 11.6 Å². The molecule has 0 fully saturated rings. The number of thiophene rings is 1. The van der Waals surface area contributed by atoms with Gasteiger partial charge in [-0.1, -0.05) is 6.42 Å². The molecule has 102 valence electrons. The van der Waals surface area contributed by atoms with Crippen molar-refractivity contribution in [2.45, 2.75) is 32.1 Å². The second-order valence-electron chi connectivity index (χ2n) is 5.14. The number of H-pyrrole nitrogens is 1. The summed E-state index contributed by atoms with van der Waals surface area (Å²) in [6.07, 6.45) is 7.29. The molecule has 3 heterocycles. The lowest BCUT2D eigenvalue weighted by Crippen LogP contribution is -2.09. The van der Waals surface area contributed by atoms with Crippen LogP contribution in [0.1, 0.15) is 29.7 Å². The molecular formula is C15H14N2O2S. The first-order valence-electron chi connectivity index (χ1n) is 6.91. The second-order valence-corrected chi connectivity index (χ2v) is 6.22. The average Bonchev–Trinajstić information content (AvgIpc) is 3.02. The maximum Gasteiger partial charge on any atom is 0.260 e. The molecule has 1 aliphatic rings. The van der Waals surface area contributed by atoms with Gasteiger partial charge >= 0.3 is 0 Å². The Morgan fingerprint density at radius 2 is 2.15 bits per heavy atom. The Hall–Kier alpha value is -1.88. The van der Waals surface area contributed by atoms with Gasteiger partial charge in [-0.05, 0) is 43.4 Å². The van der Waals surface area contributed by atoms with Gasteiger partial charge in [-0.2, -0.15) is 0 Å². The molecule has 0 atom stereocenters. The van der Waals surface area contributed by atoms with Crippen molar-refractivity contribution in [3.05, 3.63) is 39.2 Å². The normalized spacial score (nSPS) is 15.2. The number of aryl methyl sites for hydroxylation is 2. The van der Waals surface area contributed by atoms with Gasteiger partial charge in [0, 0.05) is 4.88 Å². The van der Waals surface area contributed by atoms with Crippen LogP contribution in [0.15, 0.2) is 27.6 Å². The highest BCUT2D eigenvalue weighted by molar-refractivity contribution is 7.18. The van der Waals surface area contributed by atoms with Gasteiger partial charge in [0.25, 0.3) is 5.56 Å². The summed E-state index contributed by atoms with van der Waals surface area (Å²) in [5, 5.41) is 0.794. The Bertz CT molecular complexity index is 814. The fourth-order valence-electron chi connectivity index (χ4n) is 2.87. The van der Waals surface area contributed by atoms with Crippen molar-refractivity contribution in [1.29, 1.82) is 0 Å². The summed E-state index contributed by atoms with van der Waals surface area (Å²) < 4.78 is 5.32. The Balaban J connectivity index is 1.96. The third kappa shape index (κ3) is 1.81. The number of rotatable bonds is 1. The van der Waals surface area contributed by atoms with Gasteiger partial charge in [0.2, 0.25) is 0 Å². The molecule has 3 aromatic heterocycles. The Kier molecular flexibility index (Phi) is 2.73. The van der Waals surface area contributed by atoms with E-state index in [1.54, 1.807) is 23.7 Å². The van der Waals surface area contributed by atoms with Crippen LogP contribution in [0, 0.1) is 0 Å². The van der Waals surface area contributed by atoms with E-state index in [4.69, 9.17) is 4.42 Å². The molecule has 20 heavy (non-hydrogen) atoms.